The van der Waals surface area contributed by atoms with E-state index in [1.165, 1.54) is 6.33 Å². The lowest BCUT2D eigenvalue weighted by Crippen LogP contribution is -2.05. The molecule has 1 N–H and O–H groups in total. The van der Waals surface area contributed by atoms with Gasteiger partial charge in [0.15, 0.2) is 5.82 Å². The van der Waals surface area contributed by atoms with Crippen molar-refractivity contribution in [1.82, 2.24) is 9.97 Å². The van der Waals surface area contributed by atoms with Crippen LogP contribution in [0, 0.1) is 0 Å². The summed E-state index contributed by atoms with van der Waals surface area (Å²) < 4.78 is 0. The molecule has 0 amide bonds. The average molecular weight is 298 g/mol. The van der Waals surface area contributed by atoms with Crippen LogP contribution in [-0.4, -0.2) is 9.97 Å². The van der Waals surface area contributed by atoms with Crippen molar-refractivity contribution < 1.29 is 4.84 Å². The summed E-state index contributed by atoms with van der Waals surface area (Å²) >= 11 is 11.9. The van der Waals surface area contributed by atoms with Gasteiger partial charge >= 0.3 is 0 Å². The van der Waals surface area contributed by atoms with Gasteiger partial charge in [0.05, 0.1) is 12.3 Å². The van der Waals surface area contributed by atoms with E-state index < -0.39 is 0 Å². The van der Waals surface area contributed by atoms with Gasteiger partial charge in [0.2, 0.25) is 0 Å². The maximum atomic E-state index is 6.13. The van der Waals surface area contributed by atoms with Crippen molar-refractivity contribution in [2.24, 2.45) is 0 Å². The Balaban J connectivity index is 1.94. The minimum atomic E-state index is 0.388. The van der Waals surface area contributed by atoms with Crippen LogP contribution in [0.3, 0.4) is 0 Å². The molecule has 1 aromatic carbocycles. The molecule has 4 nitrogen and oxygen atoms in total. The predicted molar refractivity (Wildman–Crippen MR) is 76.3 cm³/mol. The molecule has 6 heteroatoms. The number of nitrogens with zero attached hydrogens (tertiary/aromatic N) is 2. The highest BCUT2D eigenvalue weighted by molar-refractivity contribution is 6.33. The number of hydrogen-bond acceptors (Lipinski definition) is 4. The molecule has 0 fully saturated rings. The van der Waals surface area contributed by atoms with E-state index in [2.05, 4.69) is 15.4 Å². The van der Waals surface area contributed by atoms with Crippen LogP contribution in [0.4, 0.5) is 5.82 Å². The topological polar surface area (TPSA) is 47.0 Å². The summed E-state index contributed by atoms with van der Waals surface area (Å²) in [5.41, 5.74) is 4.52. The third-order valence-corrected chi connectivity index (χ3v) is 3.17. The third-order valence-electron chi connectivity index (χ3n) is 2.52. The van der Waals surface area contributed by atoms with Crippen molar-refractivity contribution in [1.29, 1.82) is 0 Å². The number of hydrogen-bond donors (Lipinski definition) is 1. The van der Waals surface area contributed by atoms with Gasteiger partial charge in [-0.3, -0.25) is 4.84 Å². The molecule has 0 aliphatic carbocycles. The lowest BCUT2D eigenvalue weighted by Gasteiger charge is -2.09. The van der Waals surface area contributed by atoms with Crippen LogP contribution in [0.25, 0.3) is 0 Å². The lowest BCUT2D eigenvalue weighted by molar-refractivity contribution is 0.179. The van der Waals surface area contributed by atoms with E-state index in [1.807, 2.05) is 31.2 Å². The van der Waals surface area contributed by atoms with Crippen molar-refractivity contribution in [2.75, 3.05) is 5.48 Å². The number of aromatic nitrogens is 2. The minimum Gasteiger partial charge on any atom is -0.270 e. The summed E-state index contributed by atoms with van der Waals surface area (Å²) in [5.74, 6) is 0.475. The monoisotopic (exact) mass is 297 g/mol. The molecule has 2 rings (SSSR count). The SMILES string of the molecule is CCc1ncnc(NOCc2ccc(Cl)cc2)c1Cl. The molecular formula is C13H13Cl2N3O. The van der Waals surface area contributed by atoms with Gasteiger partial charge in [-0.2, -0.15) is 0 Å². The zero-order valence-corrected chi connectivity index (χ0v) is 11.9. The molecule has 100 valence electrons. The molecule has 2 aromatic rings. The van der Waals surface area contributed by atoms with E-state index >= 15 is 0 Å². The van der Waals surface area contributed by atoms with Crippen LogP contribution < -0.4 is 5.48 Å². The predicted octanol–water partition coefficient (Wildman–Crippen LogP) is 3.89. The Morgan fingerprint density at radius 3 is 2.58 bits per heavy atom. The molecule has 0 atom stereocenters. The van der Waals surface area contributed by atoms with Crippen molar-refractivity contribution in [3.05, 3.63) is 51.9 Å². The van der Waals surface area contributed by atoms with Gasteiger partial charge in [-0.05, 0) is 24.1 Å². The minimum absolute atomic E-state index is 0.388. The van der Waals surface area contributed by atoms with Crippen molar-refractivity contribution >= 4 is 29.0 Å². The smallest absolute Gasteiger partial charge is 0.172 e. The lowest BCUT2D eigenvalue weighted by atomic mass is 10.2. The first kappa shape index (κ1) is 14.1. The molecule has 0 saturated heterocycles. The summed E-state index contributed by atoms with van der Waals surface area (Å²) in [6.07, 6.45) is 2.20. The second-order valence-corrected chi connectivity index (χ2v) is 4.67. The summed E-state index contributed by atoms with van der Waals surface area (Å²) in [7, 11) is 0. The van der Waals surface area contributed by atoms with Gasteiger partial charge in [-0.25, -0.2) is 15.4 Å². The Kier molecular flexibility index (Phi) is 4.96. The van der Waals surface area contributed by atoms with E-state index in [-0.39, 0.29) is 0 Å². The Morgan fingerprint density at radius 2 is 1.89 bits per heavy atom. The number of rotatable bonds is 5. The summed E-state index contributed by atoms with van der Waals surface area (Å²) in [6, 6.07) is 7.41. The van der Waals surface area contributed by atoms with E-state index in [4.69, 9.17) is 28.0 Å². The van der Waals surface area contributed by atoms with Gasteiger partial charge < -0.3 is 0 Å². The van der Waals surface area contributed by atoms with Gasteiger partial charge in [0.1, 0.15) is 11.3 Å². The standard InChI is InChI=1S/C13H13Cl2N3O/c1-2-11-12(15)13(17-8-16-11)18-19-7-9-3-5-10(14)6-4-9/h3-6,8H,2,7H2,1H3,(H,16,17,18). The number of halogens is 2. The molecule has 1 aromatic heterocycles. The molecule has 1 heterocycles. The molecular weight excluding hydrogens is 285 g/mol. The van der Waals surface area contributed by atoms with Crippen LogP contribution in [0.15, 0.2) is 30.6 Å². The fourth-order valence-corrected chi connectivity index (χ4v) is 1.89. The Morgan fingerprint density at radius 1 is 1.16 bits per heavy atom. The molecule has 0 saturated carbocycles. The quantitative estimate of drug-likeness (QED) is 0.851. The number of nitrogens with one attached hydrogen (secondary N) is 1. The highest BCUT2D eigenvalue weighted by atomic mass is 35.5. The summed E-state index contributed by atoms with van der Waals surface area (Å²) in [4.78, 5) is 13.5. The van der Waals surface area contributed by atoms with Crippen LogP contribution in [-0.2, 0) is 17.9 Å². The van der Waals surface area contributed by atoms with Crippen molar-refractivity contribution in [3.8, 4) is 0 Å². The zero-order valence-electron chi connectivity index (χ0n) is 10.4. The highest BCUT2D eigenvalue weighted by Crippen LogP contribution is 2.22. The number of aryl methyl sites for hydroxylation is 1. The Hall–Kier alpha value is -1.36. The maximum Gasteiger partial charge on any atom is 0.172 e. The molecule has 19 heavy (non-hydrogen) atoms. The number of anilines is 1. The van der Waals surface area contributed by atoms with E-state index in [1.54, 1.807) is 0 Å². The fraction of sp³-hybridized carbons (Fsp3) is 0.231. The van der Waals surface area contributed by atoms with E-state index in [0.717, 1.165) is 17.7 Å². The van der Waals surface area contributed by atoms with E-state index in [0.29, 0.717) is 22.5 Å². The Labute approximate surface area is 121 Å². The van der Waals surface area contributed by atoms with Crippen LogP contribution in [0.1, 0.15) is 18.2 Å². The molecule has 0 bridgehead atoms. The summed E-state index contributed by atoms with van der Waals surface area (Å²) in [6.45, 7) is 2.37. The molecule has 0 spiro atoms. The van der Waals surface area contributed by atoms with E-state index in [9.17, 15) is 0 Å². The van der Waals surface area contributed by atoms with Gasteiger partial charge in [0.25, 0.3) is 0 Å². The van der Waals surface area contributed by atoms with Gasteiger partial charge in [0, 0.05) is 5.02 Å². The zero-order chi connectivity index (χ0) is 13.7. The van der Waals surface area contributed by atoms with Crippen molar-refractivity contribution in [2.45, 2.75) is 20.0 Å². The van der Waals surface area contributed by atoms with Gasteiger partial charge in [-0.1, -0.05) is 42.3 Å². The normalized spacial score (nSPS) is 10.5. The average Bonchev–Trinajstić information content (AvgIpc) is 2.43. The highest BCUT2D eigenvalue weighted by Gasteiger charge is 2.07. The Bertz CT molecular complexity index is 546. The van der Waals surface area contributed by atoms with Crippen LogP contribution in [0.5, 0.6) is 0 Å². The molecule has 0 radical (unpaired) electrons. The second-order valence-electron chi connectivity index (χ2n) is 3.85. The molecule has 0 aliphatic heterocycles. The fourth-order valence-electron chi connectivity index (χ4n) is 1.49. The first-order chi connectivity index (χ1) is 9.20. The first-order valence-electron chi connectivity index (χ1n) is 5.82. The van der Waals surface area contributed by atoms with Crippen molar-refractivity contribution in [3.63, 3.8) is 0 Å². The largest absolute Gasteiger partial charge is 0.270 e. The molecule has 0 unspecified atom stereocenters. The third kappa shape index (κ3) is 3.80. The first-order valence-corrected chi connectivity index (χ1v) is 6.58. The van der Waals surface area contributed by atoms with Gasteiger partial charge in [-0.15, -0.1) is 0 Å². The second kappa shape index (κ2) is 6.70. The van der Waals surface area contributed by atoms with Crippen LogP contribution in [0.2, 0.25) is 10.0 Å². The number of benzene rings is 1. The maximum absolute atomic E-state index is 6.13. The van der Waals surface area contributed by atoms with Crippen LogP contribution >= 0.6 is 23.2 Å². The molecule has 0 aliphatic rings. The summed E-state index contributed by atoms with van der Waals surface area (Å²) in [5, 5.41) is 1.18.